The van der Waals surface area contributed by atoms with Crippen molar-refractivity contribution in [2.45, 2.75) is 13.3 Å². The van der Waals surface area contributed by atoms with Crippen LogP contribution in [-0.2, 0) is 19.6 Å². The number of sulfonamides is 1. The summed E-state index contributed by atoms with van der Waals surface area (Å²) in [4.78, 5) is 24.2. The number of benzene rings is 2. The van der Waals surface area contributed by atoms with Gasteiger partial charge in [0.15, 0.2) is 0 Å². The van der Waals surface area contributed by atoms with Crippen LogP contribution in [0.5, 0.6) is 0 Å². The van der Waals surface area contributed by atoms with Crippen molar-refractivity contribution in [3.05, 3.63) is 59.7 Å². The lowest BCUT2D eigenvalue weighted by molar-refractivity contribution is -0.116. The molecule has 27 heavy (non-hydrogen) atoms. The van der Waals surface area contributed by atoms with Crippen LogP contribution in [0.25, 0.3) is 0 Å². The van der Waals surface area contributed by atoms with Crippen LogP contribution in [0.3, 0.4) is 0 Å². The number of methoxy groups -OCH3 is 1. The van der Waals surface area contributed by atoms with Crippen molar-refractivity contribution in [2.75, 3.05) is 29.5 Å². The Labute approximate surface area is 159 Å². The third kappa shape index (κ3) is 5.55. The number of esters is 1. The fourth-order valence-corrected chi connectivity index (χ4v) is 3.44. The first kappa shape index (κ1) is 20.4. The van der Waals surface area contributed by atoms with Gasteiger partial charge in [0.25, 0.3) is 0 Å². The number of nitrogens with one attached hydrogen (secondary N) is 1. The lowest BCUT2D eigenvalue weighted by Gasteiger charge is -2.24. The average molecular weight is 390 g/mol. The zero-order chi connectivity index (χ0) is 20.0. The molecule has 0 aromatic heterocycles. The highest BCUT2D eigenvalue weighted by Gasteiger charge is 2.24. The molecule has 0 bridgehead atoms. The molecule has 1 amide bonds. The van der Waals surface area contributed by atoms with Crippen molar-refractivity contribution in [2.24, 2.45) is 0 Å². The second-order valence-electron chi connectivity index (χ2n) is 6.01. The summed E-state index contributed by atoms with van der Waals surface area (Å²) in [5.74, 6) is -0.980. The molecule has 0 saturated heterocycles. The van der Waals surface area contributed by atoms with E-state index in [1.54, 1.807) is 24.3 Å². The zero-order valence-electron chi connectivity index (χ0n) is 15.4. The lowest BCUT2D eigenvalue weighted by Crippen LogP contribution is -2.34. The van der Waals surface area contributed by atoms with Gasteiger partial charge in [-0.1, -0.05) is 29.8 Å². The molecular formula is C19H22N2O5S. The van der Waals surface area contributed by atoms with Gasteiger partial charge < -0.3 is 10.1 Å². The Balaban J connectivity index is 2.18. The summed E-state index contributed by atoms with van der Waals surface area (Å²) >= 11 is 0. The van der Waals surface area contributed by atoms with Crippen LogP contribution in [-0.4, -0.2) is 40.2 Å². The van der Waals surface area contributed by atoms with Gasteiger partial charge in [-0.15, -0.1) is 0 Å². The second kappa shape index (κ2) is 8.68. The van der Waals surface area contributed by atoms with E-state index in [2.05, 4.69) is 5.32 Å². The molecule has 2 aromatic rings. The number of nitrogens with zero attached hydrogens (tertiary/aromatic N) is 1. The summed E-state index contributed by atoms with van der Waals surface area (Å²) in [5.41, 5.74) is 1.99. The topological polar surface area (TPSA) is 92.8 Å². The molecule has 0 saturated carbocycles. The maximum Gasteiger partial charge on any atom is 0.340 e. The van der Waals surface area contributed by atoms with Gasteiger partial charge in [-0.25, -0.2) is 13.2 Å². The maximum atomic E-state index is 12.2. The van der Waals surface area contributed by atoms with Crippen molar-refractivity contribution >= 4 is 33.3 Å². The first-order chi connectivity index (χ1) is 12.7. The largest absolute Gasteiger partial charge is 0.465 e. The monoisotopic (exact) mass is 390 g/mol. The van der Waals surface area contributed by atoms with Gasteiger partial charge in [-0.3, -0.25) is 9.10 Å². The number of para-hydroxylation sites is 1. The highest BCUT2D eigenvalue weighted by atomic mass is 32.2. The lowest BCUT2D eigenvalue weighted by atomic mass is 10.1. The Morgan fingerprint density at radius 2 is 1.70 bits per heavy atom. The minimum absolute atomic E-state index is 0.0730. The Morgan fingerprint density at radius 1 is 1.07 bits per heavy atom. The van der Waals surface area contributed by atoms with Crippen LogP contribution in [0.4, 0.5) is 11.4 Å². The smallest absolute Gasteiger partial charge is 0.340 e. The minimum Gasteiger partial charge on any atom is -0.465 e. The maximum absolute atomic E-state index is 12.2. The van der Waals surface area contributed by atoms with Gasteiger partial charge in [0, 0.05) is 18.7 Å². The summed E-state index contributed by atoms with van der Waals surface area (Å²) in [6, 6.07) is 13.5. The number of aryl methyl sites for hydroxylation is 1. The average Bonchev–Trinajstić information content (AvgIpc) is 2.62. The van der Waals surface area contributed by atoms with Crippen molar-refractivity contribution in [1.82, 2.24) is 0 Å². The normalized spacial score (nSPS) is 10.9. The predicted molar refractivity (Wildman–Crippen MR) is 104 cm³/mol. The number of ether oxygens (including phenoxy) is 1. The minimum atomic E-state index is -3.71. The molecule has 0 unspecified atom stereocenters. The Morgan fingerprint density at radius 3 is 2.30 bits per heavy atom. The van der Waals surface area contributed by atoms with Crippen molar-refractivity contribution < 1.29 is 22.7 Å². The van der Waals surface area contributed by atoms with E-state index in [-0.39, 0.29) is 30.1 Å². The molecule has 0 aliphatic carbocycles. The SMILES string of the molecule is COC(=O)c1ccccc1N(CCC(=O)Nc1ccc(C)cc1)S(C)(=O)=O. The molecule has 2 rings (SSSR count). The number of amides is 1. The van der Waals surface area contributed by atoms with Crippen molar-refractivity contribution in [3.8, 4) is 0 Å². The van der Waals surface area contributed by atoms with Crippen LogP contribution in [0.2, 0.25) is 0 Å². The van der Waals surface area contributed by atoms with Gasteiger partial charge in [0.1, 0.15) is 0 Å². The van der Waals surface area contributed by atoms with Gasteiger partial charge in [-0.2, -0.15) is 0 Å². The summed E-state index contributed by atoms with van der Waals surface area (Å²) in [6.07, 6.45) is 0.954. The fraction of sp³-hybridized carbons (Fsp3) is 0.263. The molecule has 144 valence electrons. The van der Waals surface area contributed by atoms with E-state index in [0.29, 0.717) is 5.69 Å². The van der Waals surface area contributed by atoms with E-state index < -0.39 is 16.0 Å². The van der Waals surface area contributed by atoms with E-state index in [0.717, 1.165) is 16.1 Å². The summed E-state index contributed by atoms with van der Waals surface area (Å²) in [7, 11) is -2.49. The number of carbonyl (C=O) groups excluding carboxylic acids is 2. The van der Waals surface area contributed by atoms with Crippen LogP contribution in [0.15, 0.2) is 48.5 Å². The molecule has 0 atom stereocenters. The summed E-state index contributed by atoms with van der Waals surface area (Å²) in [6.45, 7) is 1.83. The zero-order valence-corrected chi connectivity index (χ0v) is 16.2. The summed E-state index contributed by atoms with van der Waals surface area (Å²) in [5, 5.41) is 2.72. The van der Waals surface area contributed by atoms with Crippen LogP contribution >= 0.6 is 0 Å². The number of rotatable bonds is 7. The molecule has 0 heterocycles. The molecule has 0 aliphatic rings. The molecule has 0 aliphatic heterocycles. The Hall–Kier alpha value is -2.87. The Kier molecular flexibility index (Phi) is 6.57. The number of hydrogen-bond acceptors (Lipinski definition) is 5. The van der Waals surface area contributed by atoms with Crippen LogP contribution in [0.1, 0.15) is 22.3 Å². The highest BCUT2D eigenvalue weighted by Crippen LogP contribution is 2.24. The molecule has 7 nitrogen and oxygen atoms in total. The number of anilines is 2. The molecule has 0 radical (unpaired) electrons. The third-order valence-corrected chi connectivity index (χ3v) is 5.04. The van der Waals surface area contributed by atoms with Gasteiger partial charge >= 0.3 is 5.97 Å². The van der Waals surface area contributed by atoms with Crippen molar-refractivity contribution in [3.63, 3.8) is 0 Å². The number of carbonyl (C=O) groups is 2. The second-order valence-corrected chi connectivity index (χ2v) is 7.91. The third-order valence-electron chi connectivity index (χ3n) is 3.86. The molecule has 1 N–H and O–H groups in total. The van der Waals surface area contributed by atoms with E-state index in [9.17, 15) is 18.0 Å². The van der Waals surface area contributed by atoms with Gasteiger partial charge in [-0.05, 0) is 31.2 Å². The predicted octanol–water partition coefficient (Wildman–Crippen LogP) is 2.58. The fourth-order valence-electron chi connectivity index (χ4n) is 2.50. The van der Waals surface area contributed by atoms with E-state index >= 15 is 0 Å². The van der Waals surface area contributed by atoms with Crippen molar-refractivity contribution in [1.29, 1.82) is 0 Å². The first-order valence-corrected chi connectivity index (χ1v) is 10.1. The molecule has 0 spiro atoms. The van der Waals surface area contributed by atoms with E-state index in [1.165, 1.54) is 19.2 Å². The number of hydrogen-bond donors (Lipinski definition) is 1. The summed E-state index contributed by atoms with van der Waals surface area (Å²) < 4.78 is 30.2. The van der Waals surface area contributed by atoms with Crippen LogP contribution < -0.4 is 9.62 Å². The first-order valence-electron chi connectivity index (χ1n) is 8.24. The standard InChI is InChI=1S/C19H22N2O5S/c1-14-8-10-15(11-9-14)20-18(22)12-13-21(27(3,24)25)17-7-5-4-6-16(17)19(23)26-2/h4-11H,12-13H2,1-3H3,(H,20,22). The van der Waals surface area contributed by atoms with E-state index in [1.807, 2.05) is 19.1 Å². The van der Waals surface area contributed by atoms with E-state index in [4.69, 9.17) is 4.74 Å². The Bertz CT molecular complexity index is 923. The van der Waals surface area contributed by atoms with Crippen LogP contribution in [0, 0.1) is 6.92 Å². The molecule has 0 fully saturated rings. The van der Waals surface area contributed by atoms with Gasteiger partial charge in [0.05, 0.1) is 24.6 Å². The quantitative estimate of drug-likeness (QED) is 0.734. The van der Waals surface area contributed by atoms with Gasteiger partial charge in [0.2, 0.25) is 15.9 Å². The molecular weight excluding hydrogens is 368 g/mol. The molecule has 2 aromatic carbocycles. The molecule has 8 heteroatoms. The highest BCUT2D eigenvalue weighted by molar-refractivity contribution is 7.92.